The third-order valence-electron chi connectivity index (χ3n) is 6.06. The van der Waals surface area contributed by atoms with Crippen molar-refractivity contribution < 1.29 is 14.3 Å². The van der Waals surface area contributed by atoms with Gasteiger partial charge in [-0.25, -0.2) is 0 Å². The molecule has 2 heterocycles. The van der Waals surface area contributed by atoms with E-state index < -0.39 is 0 Å². The van der Waals surface area contributed by atoms with Crippen LogP contribution < -0.4 is 0 Å². The largest absolute Gasteiger partial charge is 0.378 e. The maximum Gasteiger partial charge on any atom is 0.278 e. The molecule has 0 N–H and O–H groups in total. The quantitative estimate of drug-likeness (QED) is 0.653. The summed E-state index contributed by atoms with van der Waals surface area (Å²) in [6, 6.07) is 5.03. The van der Waals surface area contributed by atoms with Gasteiger partial charge in [-0.2, -0.15) is 0 Å². The highest BCUT2D eigenvalue weighted by molar-refractivity contribution is 6.41. The average Bonchev–Trinajstić information content (AvgIpc) is 2.93. The van der Waals surface area contributed by atoms with Crippen LogP contribution in [0.25, 0.3) is 5.57 Å². The predicted molar refractivity (Wildman–Crippen MR) is 114 cm³/mol. The summed E-state index contributed by atoms with van der Waals surface area (Å²) in [6.45, 7) is 2.25. The highest BCUT2D eigenvalue weighted by Crippen LogP contribution is 2.38. The van der Waals surface area contributed by atoms with Crippen LogP contribution in [-0.2, 0) is 14.3 Å². The molecule has 1 saturated carbocycles. The molecule has 2 fully saturated rings. The molecule has 1 aliphatic carbocycles. The number of nitrogens with zero attached hydrogens (tertiary/aromatic N) is 2. The fourth-order valence-electron chi connectivity index (χ4n) is 4.57. The number of hydrogen-bond donors (Lipinski definition) is 0. The number of amides is 2. The smallest absolute Gasteiger partial charge is 0.278 e. The average molecular weight is 437 g/mol. The van der Waals surface area contributed by atoms with Crippen molar-refractivity contribution in [1.82, 2.24) is 9.80 Å². The van der Waals surface area contributed by atoms with Crippen LogP contribution in [0.15, 0.2) is 23.9 Å². The molecule has 29 heavy (non-hydrogen) atoms. The Balaban J connectivity index is 1.75. The van der Waals surface area contributed by atoms with Gasteiger partial charge < -0.3 is 9.64 Å². The van der Waals surface area contributed by atoms with E-state index in [-0.39, 0.29) is 17.9 Å². The molecule has 0 aromatic heterocycles. The number of carbonyl (C=O) groups is 2. The van der Waals surface area contributed by atoms with Gasteiger partial charge in [-0.15, -0.1) is 0 Å². The molecule has 4 rings (SSSR count). The summed E-state index contributed by atoms with van der Waals surface area (Å²) in [5.41, 5.74) is 1.44. The first-order valence-electron chi connectivity index (χ1n) is 10.5. The van der Waals surface area contributed by atoms with Gasteiger partial charge in [0.1, 0.15) is 5.70 Å². The van der Waals surface area contributed by atoms with Gasteiger partial charge in [-0.1, -0.05) is 61.4 Å². The van der Waals surface area contributed by atoms with Crippen molar-refractivity contribution in [3.63, 3.8) is 0 Å². The Labute approximate surface area is 181 Å². The van der Waals surface area contributed by atoms with Crippen molar-refractivity contribution >= 4 is 40.6 Å². The predicted octanol–water partition coefficient (Wildman–Crippen LogP) is 4.52. The molecule has 0 unspecified atom stereocenters. The Morgan fingerprint density at radius 3 is 2.21 bits per heavy atom. The molecule has 0 bridgehead atoms. The Hall–Kier alpha value is -1.56. The second kappa shape index (κ2) is 9.07. The van der Waals surface area contributed by atoms with Crippen LogP contribution in [-0.4, -0.2) is 54.0 Å². The van der Waals surface area contributed by atoms with Crippen LogP contribution in [0.2, 0.25) is 10.0 Å². The molecule has 1 saturated heterocycles. The number of benzene rings is 1. The van der Waals surface area contributed by atoms with Crippen molar-refractivity contribution in [1.29, 1.82) is 0 Å². The Morgan fingerprint density at radius 2 is 1.55 bits per heavy atom. The zero-order valence-electron chi connectivity index (χ0n) is 16.5. The molecule has 5 nitrogen and oxygen atoms in total. The van der Waals surface area contributed by atoms with Gasteiger partial charge in [0, 0.05) is 29.7 Å². The zero-order chi connectivity index (χ0) is 20.4. The molecule has 0 radical (unpaired) electrons. The van der Waals surface area contributed by atoms with Crippen LogP contribution in [0.1, 0.15) is 50.5 Å². The van der Waals surface area contributed by atoms with Crippen molar-refractivity contribution in [2.24, 2.45) is 0 Å². The summed E-state index contributed by atoms with van der Waals surface area (Å²) in [5, 5.41) is 0.889. The molecule has 2 amide bonds. The van der Waals surface area contributed by atoms with Crippen molar-refractivity contribution in [2.45, 2.75) is 51.0 Å². The standard InChI is InChI=1S/C22H26Cl2N2O3/c23-15-8-9-17(18(24)14-15)19-20(25-10-12-29-13-11-25)22(28)26(21(19)27)16-6-4-2-1-3-5-7-16/h8-9,14,16H,1-7,10-13H2. The van der Waals surface area contributed by atoms with Gasteiger partial charge in [-0.05, 0) is 25.0 Å². The summed E-state index contributed by atoms with van der Waals surface area (Å²) in [4.78, 5) is 30.7. The lowest BCUT2D eigenvalue weighted by atomic mass is 9.95. The molecular formula is C22H26Cl2N2O3. The first kappa shape index (κ1) is 20.7. The van der Waals surface area contributed by atoms with E-state index in [2.05, 4.69) is 0 Å². The van der Waals surface area contributed by atoms with Crippen LogP contribution in [0.5, 0.6) is 0 Å². The van der Waals surface area contributed by atoms with E-state index in [1.165, 1.54) is 11.3 Å². The van der Waals surface area contributed by atoms with Crippen LogP contribution >= 0.6 is 23.2 Å². The van der Waals surface area contributed by atoms with Gasteiger partial charge in [0.15, 0.2) is 0 Å². The number of carbonyl (C=O) groups excluding carboxylic acids is 2. The van der Waals surface area contributed by atoms with Gasteiger partial charge in [0.2, 0.25) is 0 Å². The molecule has 2 aliphatic heterocycles. The fourth-order valence-corrected chi connectivity index (χ4v) is 5.08. The lowest BCUT2D eigenvalue weighted by molar-refractivity contribution is -0.141. The van der Waals surface area contributed by atoms with E-state index >= 15 is 0 Å². The van der Waals surface area contributed by atoms with E-state index in [0.717, 1.165) is 38.5 Å². The van der Waals surface area contributed by atoms with Gasteiger partial charge in [0.05, 0.1) is 23.8 Å². The number of imide groups is 1. The minimum Gasteiger partial charge on any atom is -0.378 e. The number of halogens is 2. The molecule has 156 valence electrons. The van der Waals surface area contributed by atoms with Crippen molar-refractivity contribution in [2.75, 3.05) is 26.3 Å². The Morgan fingerprint density at radius 1 is 0.897 bits per heavy atom. The fraction of sp³-hybridized carbons (Fsp3) is 0.545. The van der Waals surface area contributed by atoms with Gasteiger partial charge in [0.25, 0.3) is 11.8 Å². The summed E-state index contributed by atoms with van der Waals surface area (Å²) in [6.07, 6.45) is 7.39. The molecule has 3 aliphatic rings. The second-order valence-electron chi connectivity index (χ2n) is 7.93. The van der Waals surface area contributed by atoms with Crippen LogP contribution in [0.3, 0.4) is 0 Å². The third-order valence-corrected chi connectivity index (χ3v) is 6.61. The molecule has 0 atom stereocenters. The summed E-state index contributed by atoms with van der Waals surface area (Å²) >= 11 is 12.5. The minimum atomic E-state index is -0.230. The van der Waals surface area contributed by atoms with E-state index in [1.54, 1.807) is 18.2 Å². The Bertz CT molecular complexity index is 825. The highest BCUT2D eigenvalue weighted by atomic mass is 35.5. The van der Waals surface area contributed by atoms with Crippen LogP contribution in [0.4, 0.5) is 0 Å². The maximum atomic E-state index is 13.6. The number of hydrogen-bond acceptors (Lipinski definition) is 4. The first-order valence-corrected chi connectivity index (χ1v) is 11.2. The van der Waals surface area contributed by atoms with Crippen molar-refractivity contribution in [3.8, 4) is 0 Å². The minimum absolute atomic E-state index is 0.0464. The molecular weight excluding hydrogens is 411 g/mol. The van der Waals surface area contributed by atoms with E-state index in [0.29, 0.717) is 53.2 Å². The SMILES string of the molecule is O=C1C(c2ccc(Cl)cc2Cl)=C(N2CCOCC2)C(=O)N1C1CCCCCCC1. The lowest BCUT2D eigenvalue weighted by Gasteiger charge is -2.31. The number of rotatable bonds is 3. The van der Waals surface area contributed by atoms with Crippen LogP contribution in [0, 0.1) is 0 Å². The van der Waals surface area contributed by atoms with Gasteiger partial charge in [-0.3, -0.25) is 14.5 Å². The van der Waals surface area contributed by atoms with E-state index in [1.807, 2.05) is 4.90 Å². The molecule has 1 aromatic carbocycles. The molecule has 1 aromatic rings. The second-order valence-corrected chi connectivity index (χ2v) is 8.77. The summed E-state index contributed by atoms with van der Waals surface area (Å²) < 4.78 is 5.46. The number of ether oxygens (including phenoxy) is 1. The lowest BCUT2D eigenvalue weighted by Crippen LogP contribution is -2.44. The third kappa shape index (κ3) is 4.18. The monoisotopic (exact) mass is 436 g/mol. The molecule has 7 heteroatoms. The normalized spacial score (nSPS) is 22.3. The topological polar surface area (TPSA) is 49.9 Å². The van der Waals surface area contributed by atoms with E-state index in [4.69, 9.17) is 27.9 Å². The highest BCUT2D eigenvalue weighted by Gasteiger charge is 2.45. The Kier molecular flexibility index (Phi) is 6.47. The zero-order valence-corrected chi connectivity index (χ0v) is 18.0. The number of morpholine rings is 1. The van der Waals surface area contributed by atoms with Crippen molar-refractivity contribution in [3.05, 3.63) is 39.5 Å². The van der Waals surface area contributed by atoms with Gasteiger partial charge >= 0.3 is 0 Å². The summed E-state index contributed by atoms with van der Waals surface area (Å²) in [7, 11) is 0. The summed E-state index contributed by atoms with van der Waals surface area (Å²) in [5.74, 6) is -0.422. The maximum absolute atomic E-state index is 13.6. The molecule has 0 spiro atoms. The first-order chi connectivity index (χ1) is 14.1. The van der Waals surface area contributed by atoms with E-state index in [9.17, 15) is 9.59 Å².